The highest BCUT2D eigenvalue weighted by molar-refractivity contribution is 5.90. The number of hydrogen-bond donors (Lipinski definition) is 1. The zero-order valence-electron chi connectivity index (χ0n) is 12.8. The molecule has 23 heavy (non-hydrogen) atoms. The lowest BCUT2D eigenvalue weighted by molar-refractivity contribution is 0.939. The first-order chi connectivity index (χ1) is 11.4. The molecule has 0 spiro atoms. The van der Waals surface area contributed by atoms with Crippen molar-refractivity contribution >= 4 is 22.5 Å². The van der Waals surface area contributed by atoms with Crippen molar-refractivity contribution in [3.05, 3.63) is 48.7 Å². The van der Waals surface area contributed by atoms with E-state index in [2.05, 4.69) is 36.2 Å². The molecule has 6 nitrogen and oxygen atoms in total. The minimum absolute atomic E-state index is 0.682. The number of pyridine rings is 2. The van der Waals surface area contributed by atoms with E-state index in [1.807, 2.05) is 24.5 Å². The van der Waals surface area contributed by atoms with E-state index >= 15 is 0 Å². The summed E-state index contributed by atoms with van der Waals surface area (Å²) in [7, 11) is 0. The molecule has 1 aliphatic heterocycles. The fraction of sp³-hybridized carbons (Fsp3) is 0.294. The Morgan fingerprint density at radius 1 is 1.09 bits per heavy atom. The monoisotopic (exact) mass is 306 g/mol. The third-order valence-corrected chi connectivity index (χ3v) is 4.12. The molecular weight excluding hydrogens is 288 g/mol. The second-order valence-corrected chi connectivity index (χ2v) is 5.69. The van der Waals surface area contributed by atoms with Crippen molar-refractivity contribution in [2.75, 3.05) is 23.3 Å². The van der Waals surface area contributed by atoms with Crippen LogP contribution in [0.25, 0.3) is 10.9 Å². The Morgan fingerprint density at radius 2 is 2.00 bits per heavy atom. The highest BCUT2D eigenvalue weighted by Gasteiger charge is 2.15. The van der Waals surface area contributed by atoms with Gasteiger partial charge in [-0.1, -0.05) is 6.07 Å². The van der Waals surface area contributed by atoms with Crippen LogP contribution >= 0.6 is 0 Å². The molecule has 3 aromatic rings. The molecule has 1 aliphatic rings. The van der Waals surface area contributed by atoms with Crippen LogP contribution in [0, 0.1) is 0 Å². The summed E-state index contributed by atoms with van der Waals surface area (Å²) < 4.78 is 0. The summed E-state index contributed by atoms with van der Waals surface area (Å²) in [5.74, 6) is 1.84. The van der Waals surface area contributed by atoms with Gasteiger partial charge in [0.1, 0.15) is 18.0 Å². The number of hydrogen-bond acceptors (Lipinski definition) is 6. The van der Waals surface area contributed by atoms with Crippen molar-refractivity contribution in [2.45, 2.75) is 19.4 Å². The van der Waals surface area contributed by atoms with E-state index in [4.69, 9.17) is 0 Å². The number of fused-ring (bicyclic) bond motifs is 1. The Balaban J connectivity index is 1.64. The lowest BCUT2D eigenvalue weighted by Crippen LogP contribution is -2.18. The molecule has 3 aromatic heterocycles. The second-order valence-electron chi connectivity index (χ2n) is 5.69. The van der Waals surface area contributed by atoms with E-state index in [-0.39, 0.29) is 0 Å². The van der Waals surface area contributed by atoms with Crippen LogP contribution in [-0.2, 0) is 6.54 Å². The van der Waals surface area contributed by atoms with Gasteiger partial charge in [-0.15, -0.1) is 0 Å². The Bertz CT molecular complexity index is 799. The summed E-state index contributed by atoms with van der Waals surface area (Å²) in [6.07, 6.45) is 9.50. The fourth-order valence-electron chi connectivity index (χ4n) is 2.90. The maximum absolute atomic E-state index is 4.55. The summed E-state index contributed by atoms with van der Waals surface area (Å²) in [5, 5.41) is 4.39. The molecule has 6 heteroatoms. The Morgan fingerprint density at radius 3 is 2.83 bits per heavy atom. The number of nitrogens with zero attached hydrogens (tertiary/aromatic N) is 5. The van der Waals surface area contributed by atoms with E-state index in [0.717, 1.165) is 41.2 Å². The molecule has 0 unspecified atom stereocenters. The maximum atomic E-state index is 4.55. The van der Waals surface area contributed by atoms with Crippen LogP contribution in [0.1, 0.15) is 18.4 Å². The van der Waals surface area contributed by atoms with Crippen LogP contribution in [-0.4, -0.2) is 33.0 Å². The third-order valence-electron chi connectivity index (χ3n) is 4.12. The van der Waals surface area contributed by atoms with Gasteiger partial charge in [-0.2, -0.15) is 0 Å². The van der Waals surface area contributed by atoms with Crippen molar-refractivity contribution in [3.8, 4) is 0 Å². The number of nitrogens with one attached hydrogen (secondary N) is 1. The molecule has 1 saturated heterocycles. The van der Waals surface area contributed by atoms with E-state index in [1.54, 1.807) is 12.5 Å². The highest BCUT2D eigenvalue weighted by Crippen LogP contribution is 2.25. The van der Waals surface area contributed by atoms with Gasteiger partial charge in [0.05, 0.1) is 11.7 Å². The van der Waals surface area contributed by atoms with E-state index in [1.165, 1.54) is 12.8 Å². The first-order valence-corrected chi connectivity index (χ1v) is 7.89. The topological polar surface area (TPSA) is 66.8 Å². The maximum Gasteiger partial charge on any atom is 0.137 e. The van der Waals surface area contributed by atoms with Crippen molar-refractivity contribution in [1.82, 2.24) is 19.9 Å². The zero-order valence-corrected chi connectivity index (χ0v) is 12.8. The number of anilines is 2. The standard InChI is InChI=1S/C17H18N6/c1-2-7-23(6-1)16-8-14-15(11-19-16)21-12-22-17(14)20-10-13-4-3-5-18-9-13/h3-5,8-9,11-12H,1-2,6-7,10H2,(H,20,21,22). The largest absolute Gasteiger partial charge is 0.365 e. The lowest BCUT2D eigenvalue weighted by Gasteiger charge is -2.17. The molecule has 1 N–H and O–H groups in total. The predicted octanol–water partition coefficient (Wildman–Crippen LogP) is 2.63. The molecule has 0 aliphatic carbocycles. The quantitative estimate of drug-likeness (QED) is 0.799. The first-order valence-electron chi connectivity index (χ1n) is 7.89. The van der Waals surface area contributed by atoms with Crippen molar-refractivity contribution in [1.29, 1.82) is 0 Å². The molecule has 0 aromatic carbocycles. The second kappa shape index (κ2) is 6.16. The van der Waals surface area contributed by atoms with Crippen LogP contribution < -0.4 is 10.2 Å². The fourth-order valence-corrected chi connectivity index (χ4v) is 2.90. The van der Waals surface area contributed by atoms with Crippen LogP contribution in [0.5, 0.6) is 0 Å². The van der Waals surface area contributed by atoms with Crippen molar-refractivity contribution in [2.24, 2.45) is 0 Å². The molecule has 116 valence electrons. The minimum atomic E-state index is 0.682. The van der Waals surface area contributed by atoms with Crippen molar-refractivity contribution < 1.29 is 0 Å². The van der Waals surface area contributed by atoms with Crippen LogP contribution in [0.3, 0.4) is 0 Å². The molecule has 0 amide bonds. The molecule has 0 saturated carbocycles. The zero-order chi connectivity index (χ0) is 15.5. The number of rotatable bonds is 4. The van der Waals surface area contributed by atoms with Gasteiger partial charge in [-0.05, 0) is 30.5 Å². The van der Waals surface area contributed by atoms with Gasteiger partial charge in [-0.3, -0.25) is 4.98 Å². The van der Waals surface area contributed by atoms with E-state index < -0.39 is 0 Å². The average molecular weight is 306 g/mol. The molecular formula is C17H18N6. The summed E-state index contributed by atoms with van der Waals surface area (Å²) >= 11 is 0. The molecule has 0 bridgehead atoms. The van der Waals surface area contributed by atoms with Gasteiger partial charge in [-0.25, -0.2) is 15.0 Å². The molecule has 1 fully saturated rings. The summed E-state index contributed by atoms with van der Waals surface area (Å²) in [6.45, 7) is 2.83. The number of aromatic nitrogens is 4. The summed E-state index contributed by atoms with van der Waals surface area (Å²) in [6, 6.07) is 6.07. The average Bonchev–Trinajstić information content (AvgIpc) is 3.15. The SMILES string of the molecule is c1cncc(CNc2ncnc3cnc(N4CCCC4)cc23)c1. The first kappa shape index (κ1) is 13.9. The highest BCUT2D eigenvalue weighted by atomic mass is 15.2. The molecule has 0 atom stereocenters. The van der Waals surface area contributed by atoms with Gasteiger partial charge < -0.3 is 10.2 Å². The van der Waals surface area contributed by atoms with E-state index in [0.29, 0.717) is 6.54 Å². The van der Waals surface area contributed by atoms with Gasteiger partial charge >= 0.3 is 0 Å². The Kier molecular flexibility index (Phi) is 3.71. The minimum Gasteiger partial charge on any atom is -0.365 e. The van der Waals surface area contributed by atoms with Gasteiger partial charge in [0.2, 0.25) is 0 Å². The van der Waals surface area contributed by atoms with Gasteiger partial charge in [0, 0.05) is 37.4 Å². The van der Waals surface area contributed by atoms with Crippen molar-refractivity contribution in [3.63, 3.8) is 0 Å². The van der Waals surface area contributed by atoms with Crippen LogP contribution in [0.2, 0.25) is 0 Å². The van der Waals surface area contributed by atoms with Crippen LogP contribution in [0.15, 0.2) is 43.1 Å². The van der Waals surface area contributed by atoms with Gasteiger partial charge in [0.25, 0.3) is 0 Å². The van der Waals surface area contributed by atoms with Gasteiger partial charge in [0.15, 0.2) is 0 Å². The Labute approximate surface area is 134 Å². The normalized spacial score (nSPS) is 14.3. The van der Waals surface area contributed by atoms with E-state index in [9.17, 15) is 0 Å². The smallest absolute Gasteiger partial charge is 0.137 e. The van der Waals surface area contributed by atoms with Crippen LogP contribution in [0.4, 0.5) is 11.6 Å². The summed E-state index contributed by atoms with van der Waals surface area (Å²) in [5.41, 5.74) is 1.98. The molecule has 4 heterocycles. The molecule has 0 radical (unpaired) electrons. The Hall–Kier alpha value is -2.76. The molecule has 4 rings (SSSR count). The predicted molar refractivity (Wildman–Crippen MR) is 90.3 cm³/mol. The third kappa shape index (κ3) is 2.92. The lowest BCUT2D eigenvalue weighted by atomic mass is 10.2. The summed E-state index contributed by atoms with van der Waals surface area (Å²) in [4.78, 5) is 19.7.